The molecule has 4 heteroatoms. The minimum atomic E-state index is -0.161. The summed E-state index contributed by atoms with van der Waals surface area (Å²) >= 11 is 6.06. The molecule has 2 amide bonds. The van der Waals surface area contributed by atoms with Gasteiger partial charge in [-0.2, -0.15) is 0 Å². The Kier molecular flexibility index (Phi) is 5.29. The molecular formula is C13H19ClN2O. The molecule has 0 bridgehead atoms. The van der Waals surface area contributed by atoms with Crippen LogP contribution in [-0.4, -0.2) is 12.6 Å². The Labute approximate surface area is 108 Å². The zero-order chi connectivity index (χ0) is 12.8. The molecule has 3 nitrogen and oxygen atoms in total. The molecule has 0 unspecified atom stereocenters. The number of hydrogen-bond acceptors (Lipinski definition) is 1. The third-order valence-corrected chi connectivity index (χ3v) is 2.73. The first-order chi connectivity index (χ1) is 8.00. The maximum Gasteiger partial charge on any atom is 0.315 e. The highest BCUT2D eigenvalue weighted by Crippen LogP contribution is 2.21. The SMILES string of the molecule is CC(C)CNC(=O)N[C@H](C)c1ccccc1Cl. The Hall–Kier alpha value is -1.22. The summed E-state index contributed by atoms with van der Waals surface area (Å²) in [5.41, 5.74) is 0.925. The lowest BCUT2D eigenvalue weighted by Crippen LogP contribution is -2.38. The summed E-state index contributed by atoms with van der Waals surface area (Å²) in [5.74, 6) is 0.441. The number of carbonyl (C=O) groups excluding carboxylic acids is 1. The number of nitrogens with one attached hydrogen (secondary N) is 2. The van der Waals surface area contributed by atoms with E-state index in [1.165, 1.54) is 0 Å². The van der Waals surface area contributed by atoms with E-state index in [0.29, 0.717) is 17.5 Å². The van der Waals surface area contributed by atoms with Crippen LogP contribution in [0, 0.1) is 5.92 Å². The van der Waals surface area contributed by atoms with E-state index in [1.807, 2.05) is 31.2 Å². The van der Waals surface area contributed by atoms with Gasteiger partial charge in [-0.1, -0.05) is 43.6 Å². The van der Waals surface area contributed by atoms with Gasteiger partial charge in [0, 0.05) is 11.6 Å². The fourth-order valence-electron chi connectivity index (χ4n) is 1.45. The third-order valence-electron chi connectivity index (χ3n) is 2.39. The summed E-state index contributed by atoms with van der Waals surface area (Å²) in [7, 11) is 0. The van der Waals surface area contributed by atoms with Crippen LogP contribution in [0.15, 0.2) is 24.3 Å². The van der Waals surface area contributed by atoms with Crippen molar-refractivity contribution in [2.24, 2.45) is 5.92 Å². The highest BCUT2D eigenvalue weighted by molar-refractivity contribution is 6.31. The maximum atomic E-state index is 11.6. The van der Waals surface area contributed by atoms with Gasteiger partial charge in [-0.25, -0.2) is 4.79 Å². The van der Waals surface area contributed by atoms with Crippen molar-refractivity contribution >= 4 is 17.6 Å². The predicted molar refractivity (Wildman–Crippen MR) is 71.2 cm³/mol. The first-order valence-corrected chi connectivity index (χ1v) is 6.17. The molecule has 0 saturated carbocycles. The van der Waals surface area contributed by atoms with Gasteiger partial charge in [0.2, 0.25) is 0 Å². The van der Waals surface area contributed by atoms with E-state index in [-0.39, 0.29) is 12.1 Å². The zero-order valence-electron chi connectivity index (χ0n) is 10.5. The summed E-state index contributed by atoms with van der Waals surface area (Å²) in [5, 5.41) is 6.34. The lowest BCUT2D eigenvalue weighted by Gasteiger charge is -2.16. The Morgan fingerprint density at radius 1 is 1.29 bits per heavy atom. The van der Waals surface area contributed by atoms with Crippen molar-refractivity contribution in [3.8, 4) is 0 Å². The summed E-state index contributed by atoms with van der Waals surface area (Å²) in [6.07, 6.45) is 0. The van der Waals surface area contributed by atoms with E-state index in [9.17, 15) is 4.79 Å². The van der Waals surface area contributed by atoms with Gasteiger partial charge >= 0.3 is 6.03 Å². The zero-order valence-corrected chi connectivity index (χ0v) is 11.2. The van der Waals surface area contributed by atoms with Crippen LogP contribution < -0.4 is 10.6 Å². The number of amides is 2. The lowest BCUT2D eigenvalue weighted by atomic mass is 10.1. The fraction of sp³-hybridized carbons (Fsp3) is 0.462. The van der Waals surface area contributed by atoms with Crippen LogP contribution in [0.5, 0.6) is 0 Å². The molecule has 2 N–H and O–H groups in total. The summed E-state index contributed by atoms with van der Waals surface area (Å²) in [4.78, 5) is 11.6. The van der Waals surface area contributed by atoms with E-state index in [1.54, 1.807) is 0 Å². The van der Waals surface area contributed by atoms with Gasteiger partial charge in [0.15, 0.2) is 0 Å². The Balaban J connectivity index is 2.52. The molecular weight excluding hydrogens is 236 g/mol. The predicted octanol–water partition coefficient (Wildman–Crippen LogP) is 3.36. The summed E-state index contributed by atoms with van der Waals surface area (Å²) in [6, 6.07) is 7.25. The van der Waals surface area contributed by atoms with Crippen molar-refractivity contribution in [1.29, 1.82) is 0 Å². The number of hydrogen-bond donors (Lipinski definition) is 2. The average Bonchev–Trinajstić information content (AvgIpc) is 2.26. The minimum Gasteiger partial charge on any atom is -0.338 e. The smallest absolute Gasteiger partial charge is 0.315 e. The van der Waals surface area contributed by atoms with Gasteiger partial charge in [0.05, 0.1) is 6.04 Å². The first kappa shape index (κ1) is 13.8. The normalized spacial score (nSPS) is 12.3. The van der Waals surface area contributed by atoms with Gasteiger partial charge < -0.3 is 10.6 Å². The minimum absolute atomic E-state index is 0.101. The number of urea groups is 1. The molecule has 0 aliphatic rings. The van der Waals surface area contributed by atoms with Crippen molar-refractivity contribution in [1.82, 2.24) is 10.6 Å². The van der Waals surface area contributed by atoms with E-state index < -0.39 is 0 Å². The van der Waals surface area contributed by atoms with Gasteiger partial charge in [0.25, 0.3) is 0 Å². The Bertz CT molecular complexity index is 379. The topological polar surface area (TPSA) is 41.1 Å². The summed E-state index contributed by atoms with van der Waals surface area (Å²) < 4.78 is 0. The van der Waals surface area contributed by atoms with Crippen molar-refractivity contribution in [3.05, 3.63) is 34.9 Å². The highest BCUT2D eigenvalue weighted by Gasteiger charge is 2.11. The van der Waals surface area contributed by atoms with Crippen molar-refractivity contribution < 1.29 is 4.79 Å². The van der Waals surface area contributed by atoms with Crippen LogP contribution in [0.25, 0.3) is 0 Å². The average molecular weight is 255 g/mol. The van der Waals surface area contributed by atoms with E-state index in [4.69, 9.17) is 11.6 Å². The number of carbonyl (C=O) groups is 1. The lowest BCUT2D eigenvalue weighted by molar-refractivity contribution is 0.236. The molecule has 1 aromatic carbocycles. The first-order valence-electron chi connectivity index (χ1n) is 5.79. The molecule has 0 fully saturated rings. The maximum absolute atomic E-state index is 11.6. The van der Waals surface area contributed by atoms with Crippen molar-refractivity contribution in [2.45, 2.75) is 26.8 Å². The van der Waals surface area contributed by atoms with Gasteiger partial charge in [-0.3, -0.25) is 0 Å². The fourth-order valence-corrected chi connectivity index (χ4v) is 1.75. The molecule has 94 valence electrons. The molecule has 0 radical (unpaired) electrons. The summed E-state index contributed by atoms with van der Waals surface area (Å²) in [6.45, 7) is 6.69. The molecule has 0 aliphatic heterocycles. The standard InChI is InChI=1S/C13H19ClN2O/c1-9(2)8-15-13(17)16-10(3)11-6-4-5-7-12(11)14/h4-7,9-10H,8H2,1-3H3,(H2,15,16,17)/t10-/m1/s1. The Morgan fingerprint density at radius 2 is 1.94 bits per heavy atom. The second-order valence-electron chi connectivity index (χ2n) is 4.49. The number of benzene rings is 1. The van der Waals surface area contributed by atoms with Gasteiger partial charge in [-0.05, 0) is 24.5 Å². The third kappa shape index (κ3) is 4.65. The second kappa shape index (κ2) is 6.50. The van der Waals surface area contributed by atoms with Crippen LogP contribution >= 0.6 is 11.6 Å². The molecule has 0 aliphatic carbocycles. The molecule has 1 rings (SSSR count). The van der Waals surface area contributed by atoms with Crippen LogP contribution in [0.2, 0.25) is 5.02 Å². The molecule has 0 aromatic heterocycles. The Morgan fingerprint density at radius 3 is 2.53 bits per heavy atom. The van der Waals surface area contributed by atoms with E-state index in [0.717, 1.165) is 5.56 Å². The van der Waals surface area contributed by atoms with Crippen molar-refractivity contribution in [3.63, 3.8) is 0 Å². The highest BCUT2D eigenvalue weighted by atomic mass is 35.5. The van der Waals surface area contributed by atoms with E-state index >= 15 is 0 Å². The molecule has 1 aromatic rings. The largest absolute Gasteiger partial charge is 0.338 e. The van der Waals surface area contributed by atoms with Crippen LogP contribution in [0.3, 0.4) is 0 Å². The quantitative estimate of drug-likeness (QED) is 0.850. The molecule has 0 heterocycles. The molecule has 0 spiro atoms. The van der Waals surface area contributed by atoms with Gasteiger partial charge in [0.1, 0.15) is 0 Å². The molecule has 0 saturated heterocycles. The van der Waals surface area contributed by atoms with Gasteiger partial charge in [-0.15, -0.1) is 0 Å². The number of halogens is 1. The second-order valence-corrected chi connectivity index (χ2v) is 4.90. The van der Waals surface area contributed by atoms with Crippen LogP contribution in [0.4, 0.5) is 4.79 Å². The monoisotopic (exact) mass is 254 g/mol. The molecule has 17 heavy (non-hydrogen) atoms. The molecule has 1 atom stereocenters. The van der Waals surface area contributed by atoms with Crippen LogP contribution in [-0.2, 0) is 0 Å². The number of rotatable bonds is 4. The van der Waals surface area contributed by atoms with Crippen LogP contribution in [0.1, 0.15) is 32.4 Å². The van der Waals surface area contributed by atoms with Crippen molar-refractivity contribution in [2.75, 3.05) is 6.54 Å². The van der Waals surface area contributed by atoms with E-state index in [2.05, 4.69) is 24.5 Å².